The molecule has 2 aromatic rings. The number of unbranched alkanes of at least 4 members (excludes halogenated alkanes) is 3. The van der Waals surface area contributed by atoms with Gasteiger partial charge in [-0.05, 0) is 81.8 Å². The number of ether oxygens (including phenoxy) is 3. The molecule has 0 radical (unpaired) electrons. The SMILES string of the molecule is COC(=O)c1cc2c(cc1C(=O)OC)/N=N\c1cc(C(=O)NCCCCCCNC(=O)OC(C)(C)C)ccc1CC2. The molecule has 1 aliphatic heterocycles. The molecule has 0 spiro atoms. The van der Waals surface area contributed by atoms with Crippen LogP contribution in [0.25, 0.3) is 0 Å². The zero-order valence-corrected chi connectivity index (χ0v) is 24.3. The minimum Gasteiger partial charge on any atom is -0.465 e. The van der Waals surface area contributed by atoms with E-state index in [0.29, 0.717) is 42.9 Å². The number of esters is 2. The molecule has 1 heterocycles. The number of hydrogen-bond acceptors (Lipinski definition) is 9. The number of nitrogens with one attached hydrogen (secondary N) is 2. The molecule has 41 heavy (non-hydrogen) atoms. The van der Waals surface area contributed by atoms with E-state index in [1.165, 1.54) is 20.3 Å². The second-order valence-electron chi connectivity index (χ2n) is 10.7. The number of rotatable bonds is 10. The van der Waals surface area contributed by atoms with Crippen LogP contribution in [-0.4, -0.2) is 56.8 Å². The third kappa shape index (κ3) is 9.12. The minimum atomic E-state index is -0.678. The highest BCUT2D eigenvalue weighted by Crippen LogP contribution is 2.33. The Hall–Kier alpha value is -4.28. The maximum Gasteiger partial charge on any atom is 0.407 e. The summed E-state index contributed by atoms with van der Waals surface area (Å²) < 4.78 is 14.9. The monoisotopic (exact) mass is 566 g/mol. The van der Waals surface area contributed by atoms with Crippen molar-refractivity contribution in [2.24, 2.45) is 10.2 Å². The molecule has 1 aliphatic rings. The van der Waals surface area contributed by atoms with Crippen LogP contribution in [0.1, 0.15) is 88.7 Å². The van der Waals surface area contributed by atoms with Gasteiger partial charge in [-0.3, -0.25) is 4.79 Å². The highest BCUT2D eigenvalue weighted by molar-refractivity contribution is 6.04. The lowest BCUT2D eigenvalue weighted by atomic mass is 9.95. The average Bonchev–Trinajstić information content (AvgIpc) is 2.93. The molecule has 0 saturated carbocycles. The van der Waals surface area contributed by atoms with Crippen LogP contribution in [0, 0.1) is 0 Å². The van der Waals surface area contributed by atoms with Crippen molar-refractivity contribution in [1.29, 1.82) is 0 Å². The molecular formula is C30H38N4O7. The Balaban J connectivity index is 1.55. The summed E-state index contributed by atoms with van der Waals surface area (Å²) in [4.78, 5) is 49.0. The summed E-state index contributed by atoms with van der Waals surface area (Å²) in [5, 5.41) is 14.4. The van der Waals surface area contributed by atoms with E-state index in [0.717, 1.165) is 36.8 Å². The molecule has 11 nitrogen and oxygen atoms in total. The maximum absolute atomic E-state index is 12.7. The van der Waals surface area contributed by atoms with Crippen molar-refractivity contribution in [1.82, 2.24) is 10.6 Å². The average molecular weight is 567 g/mol. The van der Waals surface area contributed by atoms with Crippen molar-refractivity contribution >= 4 is 35.3 Å². The van der Waals surface area contributed by atoms with Crippen molar-refractivity contribution in [3.63, 3.8) is 0 Å². The molecule has 0 aliphatic carbocycles. The van der Waals surface area contributed by atoms with Gasteiger partial charge in [-0.25, -0.2) is 14.4 Å². The molecule has 0 atom stereocenters. The molecule has 0 bridgehead atoms. The second kappa shape index (κ2) is 14.4. The fraction of sp³-hybridized carbons (Fsp3) is 0.467. The number of methoxy groups -OCH3 is 2. The summed E-state index contributed by atoms with van der Waals surface area (Å²) in [5.41, 5.74) is 2.78. The van der Waals surface area contributed by atoms with Crippen LogP contribution < -0.4 is 10.6 Å². The summed E-state index contributed by atoms with van der Waals surface area (Å²) in [6.45, 7) is 6.55. The van der Waals surface area contributed by atoms with E-state index in [2.05, 4.69) is 20.9 Å². The van der Waals surface area contributed by atoms with Crippen LogP contribution in [0.4, 0.5) is 16.2 Å². The van der Waals surface area contributed by atoms with Gasteiger partial charge in [0, 0.05) is 18.7 Å². The first-order valence-electron chi connectivity index (χ1n) is 13.7. The second-order valence-corrected chi connectivity index (χ2v) is 10.7. The van der Waals surface area contributed by atoms with Crippen LogP contribution in [0.3, 0.4) is 0 Å². The van der Waals surface area contributed by atoms with Crippen molar-refractivity contribution in [3.8, 4) is 0 Å². The van der Waals surface area contributed by atoms with E-state index < -0.39 is 23.6 Å². The van der Waals surface area contributed by atoms with Gasteiger partial charge in [-0.2, -0.15) is 10.2 Å². The standard InChI is InChI=1S/C30H38N4O7/c1-30(2,3)41-29(38)32-15-9-7-6-8-14-31-26(35)21-13-11-19-10-12-20-16-22(27(36)39-4)23(28(37)40-5)18-25(20)34-33-24(19)17-21/h11,13,16-18H,6-10,12,14-15H2,1-5H3,(H,31,35)(H,32,38)/b34-33-. The number of nitrogens with zero attached hydrogens (tertiary/aromatic N) is 2. The number of carbonyl (C=O) groups excluding carboxylic acids is 4. The molecule has 0 saturated heterocycles. The van der Waals surface area contributed by atoms with Crippen molar-refractivity contribution < 1.29 is 33.4 Å². The Morgan fingerprint density at radius 3 is 1.93 bits per heavy atom. The lowest BCUT2D eigenvalue weighted by Crippen LogP contribution is -2.33. The van der Waals surface area contributed by atoms with Gasteiger partial charge in [0.1, 0.15) is 5.60 Å². The van der Waals surface area contributed by atoms with Crippen LogP contribution >= 0.6 is 0 Å². The van der Waals surface area contributed by atoms with E-state index >= 15 is 0 Å². The summed E-state index contributed by atoms with van der Waals surface area (Å²) in [5.74, 6) is -1.52. The Bertz CT molecular complexity index is 1310. The lowest BCUT2D eigenvalue weighted by molar-refractivity contribution is 0.0525. The third-order valence-corrected chi connectivity index (χ3v) is 6.36. The largest absolute Gasteiger partial charge is 0.465 e. The first kappa shape index (κ1) is 31.3. The Morgan fingerprint density at radius 1 is 0.756 bits per heavy atom. The Morgan fingerprint density at radius 2 is 1.32 bits per heavy atom. The normalized spacial score (nSPS) is 13.0. The maximum atomic E-state index is 12.7. The molecule has 220 valence electrons. The van der Waals surface area contributed by atoms with Gasteiger partial charge in [0.05, 0.1) is 36.7 Å². The number of amides is 2. The van der Waals surface area contributed by atoms with Crippen molar-refractivity contribution in [2.75, 3.05) is 27.3 Å². The molecule has 2 amide bonds. The molecule has 0 fully saturated rings. The molecule has 0 unspecified atom stereocenters. The highest BCUT2D eigenvalue weighted by Gasteiger charge is 2.23. The predicted octanol–water partition coefficient (Wildman–Crippen LogP) is 5.59. The summed E-state index contributed by atoms with van der Waals surface area (Å²) in [6, 6.07) is 8.39. The molecular weight excluding hydrogens is 528 g/mol. The highest BCUT2D eigenvalue weighted by atomic mass is 16.6. The Labute approximate surface area is 240 Å². The van der Waals surface area contributed by atoms with E-state index in [1.54, 1.807) is 18.2 Å². The molecule has 3 rings (SSSR count). The zero-order valence-electron chi connectivity index (χ0n) is 24.3. The van der Waals surface area contributed by atoms with Gasteiger partial charge in [0.15, 0.2) is 0 Å². The summed E-state index contributed by atoms with van der Waals surface area (Å²) in [7, 11) is 2.48. The van der Waals surface area contributed by atoms with Gasteiger partial charge in [0.2, 0.25) is 0 Å². The number of azo groups is 1. The first-order chi connectivity index (χ1) is 19.5. The van der Waals surface area contributed by atoms with Gasteiger partial charge in [0.25, 0.3) is 5.91 Å². The minimum absolute atomic E-state index is 0.0466. The number of aryl methyl sites for hydroxylation is 2. The number of carbonyl (C=O) groups is 4. The smallest absolute Gasteiger partial charge is 0.407 e. The molecule has 0 aromatic heterocycles. The fourth-order valence-corrected chi connectivity index (χ4v) is 4.28. The van der Waals surface area contributed by atoms with E-state index in [4.69, 9.17) is 14.2 Å². The third-order valence-electron chi connectivity index (χ3n) is 6.36. The topological polar surface area (TPSA) is 145 Å². The van der Waals surface area contributed by atoms with Crippen molar-refractivity contribution in [3.05, 3.63) is 58.1 Å². The molecule has 2 N–H and O–H groups in total. The number of hydrogen-bond donors (Lipinski definition) is 2. The van der Waals surface area contributed by atoms with E-state index in [9.17, 15) is 19.2 Å². The Kier molecular flexibility index (Phi) is 11.0. The molecule has 11 heteroatoms. The first-order valence-corrected chi connectivity index (χ1v) is 13.7. The van der Waals surface area contributed by atoms with Gasteiger partial charge >= 0.3 is 18.0 Å². The summed E-state index contributed by atoms with van der Waals surface area (Å²) in [6.07, 6.45) is 4.22. The van der Waals surface area contributed by atoms with E-state index in [-0.39, 0.29) is 17.0 Å². The number of benzene rings is 2. The van der Waals surface area contributed by atoms with Gasteiger partial charge in [-0.15, -0.1) is 0 Å². The van der Waals surface area contributed by atoms with Crippen LogP contribution in [0.5, 0.6) is 0 Å². The van der Waals surface area contributed by atoms with Crippen LogP contribution in [-0.2, 0) is 27.1 Å². The van der Waals surface area contributed by atoms with Crippen molar-refractivity contribution in [2.45, 2.75) is 64.9 Å². The van der Waals surface area contributed by atoms with Gasteiger partial charge < -0.3 is 24.8 Å². The summed E-state index contributed by atoms with van der Waals surface area (Å²) >= 11 is 0. The molecule has 2 aromatic carbocycles. The van der Waals surface area contributed by atoms with Crippen LogP contribution in [0.2, 0.25) is 0 Å². The number of alkyl carbamates (subject to hydrolysis) is 1. The van der Waals surface area contributed by atoms with E-state index in [1.807, 2.05) is 26.8 Å². The van der Waals surface area contributed by atoms with Crippen LogP contribution in [0.15, 0.2) is 40.6 Å². The van der Waals surface area contributed by atoms with Gasteiger partial charge in [-0.1, -0.05) is 18.9 Å². The lowest BCUT2D eigenvalue weighted by Gasteiger charge is -2.19. The quantitative estimate of drug-likeness (QED) is 0.217. The number of fused-ring (bicyclic) bond motifs is 2. The zero-order chi connectivity index (χ0) is 30.0. The fourth-order valence-electron chi connectivity index (χ4n) is 4.28. The predicted molar refractivity (Wildman–Crippen MR) is 152 cm³/mol.